The summed E-state index contributed by atoms with van der Waals surface area (Å²) < 4.78 is 0. The maximum atomic E-state index is 2.46. The Morgan fingerprint density at radius 1 is 1.20 bits per heavy atom. The van der Waals surface area contributed by atoms with Crippen LogP contribution in [0.1, 0.15) is 31.2 Å². The molecule has 1 aromatic carbocycles. The molecule has 2 rings (SSSR count). The number of hydrogen-bond donors (Lipinski definition) is 1. The van der Waals surface area contributed by atoms with Crippen molar-refractivity contribution in [2.75, 3.05) is 13.6 Å². The van der Waals surface area contributed by atoms with Crippen molar-refractivity contribution in [1.82, 2.24) is 11.1 Å². The van der Waals surface area contributed by atoms with E-state index in [1.165, 1.54) is 24.9 Å². The lowest BCUT2D eigenvalue weighted by Gasteiger charge is -2.35. The third-order valence-electron chi connectivity index (χ3n) is 3.48. The zero-order valence-corrected chi connectivity index (χ0v) is 9.82. The molecule has 0 saturated carbocycles. The molecule has 1 aliphatic rings. The Morgan fingerprint density at radius 2 is 1.87 bits per heavy atom. The van der Waals surface area contributed by atoms with Crippen molar-refractivity contribution in [3.8, 4) is 0 Å². The average Bonchev–Trinajstić information content (AvgIpc) is 2.23. The summed E-state index contributed by atoms with van der Waals surface area (Å²) in [5.74, 6) is 0.780. The minimum atomic E-state index is 0. The molecule has 2 unspecified atom stereocenters. The average molecular weight is 206 g/mol. The van der Waals surface area contributed by atoms with Crippen molar-refractivity contribution in [3.63, 3.8) is 0 Å². The maximum Gasteiger partial charge on any atom is 0.00697 e. The lowest BCUT2D eigenvalue weighted by atomic mass is 9.86. The van der Waals surface area contributed by atoms with Gasteiger partial charge in [0, 0.05) is 6.04 Å². The predicted molar refractivity (Wildman–Crippen MR) is 65.5 cm³/mol. The smallest absolute Gasteiger partial charge is 0.00697 e. The van der Waals surface area contributed by atoms with Crippen molar-refractivity contribution in [2.45, 2.75) is 31.7 Å². The summed E-state index contributed by atoms with van der Waals surface area (Å²) >= 11 is 0. The molecule has 1 aromatic rings. The van der Waals surface area contributed by atoms with Gasteiger partial charge in [0.25, 0.3) is 0 Å². The molecule has 84 valence electrons. The van der Waals surface area contributed by atoms with Crippen LogP contribution in [0.15, 0.2) is 30.3 Å². The van der Waals surface area contributed by atoms with Crippen molar-refractivity contribution in [2.24, 2.45) is 0 Å². The summed E-state index contributed by atoms with van der Waals surface area (Å²) in [5, 5.41) is 0. The van der Waals surface area contributed by atoms with E-state index in [-0.39, 0.29) is 6.15 Å². The molecule has 2 nitrogen and oxygen atoms in total. The monoisotopic (exact) mass is 206 g/mol. The van der Waals surface area contributed by atoms with Crippen LogP contribution in [0.25, 0.3) is 0 Å². The Bertz CT molecular complexity index is 284. The molecule has 0 aromatic heterocycles. The first-order valence-electron chi connectivity index (χ1n) is 5.52. The summed E-state index contributed by atoms with van der Waals surface area (Å²) in [5.41, 5.74) is 1.52. The SMILES string of the molecule is CC1CC(c2ccccc2)CCN1C.N. The van der Waals surface area contributed by atoms with Gasteiger partial charge in [0.15, 0.2) is 0 Å². The number of piperidine rings is 1. The van der Waals surface area contributed by atoms with Gasteiger partial charge < -0.3 is 11.1 Å². The molecular weight excluding hydrogens is 184 g/mol. The molecule has 1 aliphatic heterocycles. The molecule has 3 N–H and O–H groups in total. The van der Waals surface area contributed by atoms with Crippen molar-refractivity contribution >= 4 is 0 Å². The fraction of sp³-hybridized carbons (Fsp3) is 0.538. The van der Waals surface area contributed by atoms with Gasteiger partial charge in [0.1, 0.15) is 0 Å². The summed E-state index contributed by atoms with van der Waals surface area (Å²) in [7, 11) is 2.23. The summed E-state index contributed by atoms with van der Waals surface area (Å²) in [6.45, 7) is 3.57. The van der Waals surface area contributed by atoms with E-state index in [1.807, 2.05) is 0 Å². The van der Waals surface area contributed by atoms with Crippen LogP contribution in [0.2, 0.25) is 0 Å². The highest BCUT2D eigenvalue weighted by Crippen LogP contribution is 2.30. The molecule has 2 atom stereocenters. The molecule has 2 heteroatoms. The standard InChI is InChI=1S/C13H19N.H3N/c1-11-10-13(8-9-14(11)2)12-6-4-3-5-7-12;/h3-7,11,13H,8-10H2,1-2H3;1H3. The van der Waals surface area contributed by atoms with Crippen molar-refractivity contribution in [1.29, 1.82) is 0 Å². The first-order valence-corrected chi connectivity index (χ1v) is 5.52. The van der Waals surface area contributed by atoms with E-state index < -0.39 is 0 Å². The van der Waals surface area contributed by atoms with E-state index in [0.29, 0.717) is 0 Å². The minimum Gasteiger partial charge on any atom is -0.344 e. The molecule has 1 heterocycles. The Kier molecular flexibility index (Phi) is 4.30. The zero-order valence-electron chi connectivity index (χ0n) is 9.82. The lowest BCUT2D eigenvalue weighted by Crippen LogP contribution is -2.36. The zero-order chi connectivity index (χ0) is 9.97. The van der Waals surface area contributed by atoms with Crippen LogP contribution < -0.4 is 6.15 Å². The van der Waals surface area contributed by atoms with E-state index in [9.17, 15) is 0 Å². The van der Waals surface area contributed by atoms with Gasteiger partial charge in [-0.3, -0.25) is 0 Å². The Labute approximate surface area is 92.9 Å². The van der Waals surface area contributed by atoms with Crippen LogP contribution in [0, 0.1) is 0 Å². The van der Waals surface area contributed by atoms with E-state index in [2.05, 4.69) is 49.2 Å². The first-order chi connectivity index (χ1) is 6.77. The van der Waals surface area contributed by atoms with Crippen LogP contribution in [-0.2, 0) is 0 Å². The summed E-state index contributed by atoms with van der Waals surface area (Å²) in [4.78, 5) is 2.46. The molecule has 1 saturated heterocycles. The number of nitrogens with zero attached hydrogens (tertiary/aromatic N) is 1. The highest BCUT2D eigenvalue weighted by molar-refractivity contribution is 5.20. The van der Waals surface area contributed by atoms with Crippen LogP contribution >= 0.6 is 0 Å². The van der Waals surface area contributed by atoms with Gasteiger partial charge in [-0.15, -0.1) is 0 Å². The van der Waals surface area contributed by atoms with Gasteiger partial charge in [0.2, 0.25) is 0 Å². The highest BCUT2D eigenvalue weighted by Gasteiger charge is 2.23. The third-order valence-corrected chi connectivity index (χ3v) is 3.48. The quantitative estimate of drug-likeness (QED) is 0.767. The second-order valence-corrected chi connectivity index (χ2v) is 4.46. The normalized spacial score (nSPS) is 27.1. The third kappa shape index (κ3) is 2.80. The van der Waals surface area contributed by atoms with Gasteiger partial charge in [-0.25, -0.2) is 0 Å². The Morgan fingerprint density at radius 3 is 2.47 bits per heavy atom. The molecule has 0 bridgehead atoms. The van der Waals surface area contributed by atoms with E-state index in [4.69, 9.17) is 0 Å². The van der Waals surface area contributed by atoms with Crippen LogP contribution in [0.4, 0.5) is 0 Å². The fourth-order valence-corrected chi connectivity index (χ4v) is 2.32. The largest absolute Gasteiger partial charge is 0.344 e. The first kappa shape index (κ1) is 12.2. The molecule has 0 aliphatic carbocycles. The fourth-order valence-electron chi connectivity index (χ4n) is 2.32. The summed E-state index contributed by atoms with van der Waals surface area (Å²) in [6.07, 6.45) is 2.62. The van der Waals surface area contributed by atoms with Gasteiger partial charge in [0.05, 0.1) is 0 Å². The topological polar surface area (TPSA) is 38.2 Å². The van der Waals surface area contributed by atoms with Gasteiger partial charge >= 0.3 is 0 Å². The van der Waals surface area contributed by atoms with Crippen molar-refractivity contribution in [3.05, 3.63) is 35.9 Å². The van der Waals surface area contributed by atoms with Crippen molar-refractivity contribution < 1.29 is 0 Å². The number of benzene rings is 1. The second kappa shape index (κ2) is 5.29. The Hall–Kier alpha value is -0.860. The van der Waals surface area contributed by atoms with Crippen LogP contribution in [0.5, 0.6) is 0 Å². The van der Waals surface area contributed by atoms with Crippen LogP contribution in [-0.4, -0.2) is 24.5 Å². The predicted octanol–water partition coefficient (Wildman–Crippen LogP) is 3.05. The molecular formula is C13H22N2. The molecule has 15 heavy (non-hydrogen) atoms. The van der Waals surface area contributed by atoms with Gasteiger partial charge in [-0.05, 0) is 44.8 Å². The number of rotatable bonds is 1. The number of likely N-dealkylation sites (tertiary alicyclic amines) is 1. The van der Waals surface area contributed by atoms with E-state index in [0.717, 1.165) is 12.0 Å². The highest BCUT2D eigenvalue weighted by atomic mass is 15.1. The second-order valence-electron chi connectivity index (χ2n) is 4.46. The van der Waals surface area contributed by atoms with Gasteiger partial charge in [-0.2, -0.15) is 0 Å². The minimum absolute atomic E-state index is 0. The molecule has 1 fully saturated rings. The van der Waals surface area contributed by atoms with Gasteiger partial charge in [-0.1, -0.05) is 30.3 Å². The molecule has 0 spiro atoms. The lowest BCUT2D eigenvalue weighted by molar-refractivity contribution is 0.183. The Balaban J connectivity index is 0.00000112. The van der Waals surface area contributed by atoms with E-state index >= 15 is 0 Å². The van der Waals surface area contributed by atoms with Crippen LogP contribution in [0.3, 0.4) is 0 Å². The summed E-state index contributed by atoms with van der Waals surface area (Å²) in [6, 6.07) is 11.7. The van der Waals surface area contributed by atoms with E-state index in [1.54, 1.807) is 0 Å². The molecule has 0 radical (unpaired) electrons. The molecule has 0 amide bonds. The number of hydrogen-bond acceptors (Lipinski definition) is 2. The maximum absolute atomic E-state index is 2.46.